The molecule has 2 amide bonds. The Morgan fingerprint density at radius 1 is 1.29 bits per heavy atom. The van der Waals surface area contributed by atoms with Gasteiger partial charge in [-0.1, -0.05) is 0 Å². The van der Waals surface area contributed by atoms with Crippen molar-refractivity contribution in [2.24, 2.45) is 0 Å². The second-order valence-electron chi connectivity index (χ2n) is 7.41. The van der Waals surface area contributed by atoms with E-state index >= 15 is 0 Å². The Kier molecular flexibility index (Phi) is 7.54. The quantitative estimate of drug-likeness (QED) is 0.483. The molecule has 2 N–H and O–H groups in total. The molecule has 10 nitrogen and oxygen atoms in total. The number of rotatable bonds is 9. The molecule has 0 unspecified atom stereocenters. The van der Waals surface area contributed by atoms with Gasteiger partial charge in [-0.25, -0.2) is 9.78 Å². The number of carbonyl (C=O) groups is 2. The number of carboxylic acid groups (broad SMARTS) is 1. The van der Waals surface area contributed by atoms with Gasteiger partial charge in [0.05, 0.1) is 17.4 Å². The van der Waals surface area contributed by atoms with Gasteiger partial charge in [0, 0.05) is 43.8 Å². The average Bonchev–Trinajstić information content (AvgIpc) is 3.17. The maximum atomic E-state index is 12.6. The highest BCUT2D eigenvalue weighted by atomic mass is 19.4. The minimum atomic E-state index is -4.45. The monoisotopic (exact) mass is 480 g/mol. The lowest BCUT2D eigenvalue weighted by molar-refractivity contribution is -0.154. The molecule has 0 saturated heterocycles. The number of likely N-dealkylation sites (N-methyl/N-ethyl adjacent to an activating group) is 1. The summed E-state index contributed by atoms with van der Waals surface area (Å²) >= 11 is 0. The van der Waals surface area contributed by atoms with Crippen molar-refractivity contribution in [2.75, 3.05) is 26.2 Å². The normalized spacial score (nSPS) is 11.4. The van der Waals surface area contributed by atoms with Gasteiger partial charge in [0.1, 0.15) is 5.69 Å². The molecule has 3 heterocycles. The zero-order valence-electron chi connectivity index (χ0n) is 18.5. The Balaban J connectivity index is 1.70. The van der Waals surface area contributed by atoms with Crippen LogP contribution in [0.5, 0.6) is 5.88 Å². The second-order valence-corrected chi connectivity index (χ2v) is 7.41. The van der Waals surface area contributed by atoms with Crippen molar-refractivity contribution in [2.45, 2.75) is 26.6 Å². The Hall–Kier alpha value is -3.90. The van der Waals surface area contributed by atoms with Gasteiger partial charge in [-0.05, 0) is 31.5 Å². The summed E-state index contributed by atoms with van der Waals surface area (Å²) in [4.78, 5) is 32.9. The molecule has 3 aromatic rings. The third-order valence-electron chi connectivity index (χ3n) is 4.82. The molecule has 0 aromatic carbocycles. The van der Waals surface area contributed by atoms with Gasteiger partial charge >= 0.3 is 12.3 Å². The fourth-order valence-electron chi connectivity index (χ4n) is 3.23. The number of nitrogens with zero attached hydrogens (tertiary/aromatic N) is 5. The van der Waals surface area contributed by atoms with Crippen molar-refractivity contribution in [3.05, 3.63) is 47.5 Å². The maximum absolute atomic E-state index is 12.6. The summed E-state index contributed by atoms with van der Waals surface area (Å²) in [6.07, 6.45) is -1.04. The van der Waals surface area contributed by atoms with E-state index in [-0.39, 0.29) is 31.2 Å². The predicted octanol–water partition coefficient (Wildman–Crippen LogP) is 2.85. The Bertz CT molecular complexity index is 1180. The Labute approximate surface area is 192 Å². The van der Waals surface area contributed by atoms with Gasteiger partial charge in [0.15, 0.2) is 6.61 Å². The van der Waals surface area contributed by atoms with E-state index < -0.39 is 24.8 Å². The van der Waals surface area contributed by atoms with Crippen molar-refractivity contribution in [3.8, 4) is 5.88 Å². The summed E-state index contributed by atoms with van der Waals surface area (Å²) in [5.74, 6) is -0.560. The number of hydrogen-bond donors (Lipinski definition) is 2. The van der Waals surface area contributed by atoms with Crippen LogP contribution in [0.25, 0.3) is 10.9 Å². The summed E-state index contributed by atoms with van der Waals surface area (Å²) in [6.45, 7) is 2.70. The van der Waals surface area contributed by atoms with Crippen LogP contribution in [0.2, 0.25) is 0 Å². The van der Waals surface area contributed by atoms with E-state index in [1.54, 1.807) is 36.9 Å². The van der Waals surface area contributed by atoms with Crippen LogP contribution in [-0.4, -0.2) is 74.2 Å². The molecule has 0 atom stereocenters. The van der Waals surface area contributed by atoms with Crippen molar-refractivity contribution in [3.63, 3.8) is 0 Å². The first-order valence-electron chi connectivity index (χ1n) is 10.3. The number of hydrogen-bond acceptors (Lipinski definition) is 6. The van der Waals surface area contributed by atoms with Gasteiger partial charge in [-0.3, -0.25) is 14.5 Å². The van der Waals surface area contributed by atoms with Gasteiger partial charge in [0.2, 0.25) is 5.88 Å². The molecule has 0 aliphatic rings. The summed E-state index contributed by atoms with van der Waals surface area (Å²) in [7, 11) is 0. The van der Waals surface area contributed by atoms with Crippen LogP contribution in [0.1, 0.15) is 28.5 Å². The van der Waals surface area contributed by atoms with E-state index in [0.29, 0.717) is 28.6 Å². The molecular weight excluding hydrogens is 457 g/mol. The molecule has 0 bridgehead atoms. The van der Waals surface area contributed by atoms with Crippen molar-refractivity contribution in [1.82, 2.24) is 30.0 Å². The number of nitrogens with one attached hydrogen (secondary N) is 1. The smallest absolute Gasteiger partial charge is 0.422 e. The molecule has 0 radical (unpaired) electrons. The van der Waals surface area contributed by atoms with E-state index in [4.69, 9.17) is 9.84 Å². The standard InChI is InChI=1S/C21H23F3N6O4/c1-3-29(20(32)33)7-6-26-18(31)17-15-11-30(28-16(15)4-5-25-17)10-14-8-13(2)19(27-9-14)34-12-21(22,23)24/h4-5,8-9,11H,3,6-7,10,12H2,1-2H3,(H,26,31)(H,32,33). The van der Waals surface area contributed by atoms with Crippen molar-refractivity contribution >= 4 is 22.9 Å². The number of ether oxygens (including phenoxy) is 1. The predicted molar refractivity (Wildman–Crippen MR) is 115 cm³/mol. The first-order chi connectivity index (χ1) is 16.1. The molecule has 182 valence electrons. The van der Waals surface area contributed by atoms with Crippen LogP contribution < -0.4 is 10.1 Å². The lowest BCUT2D eigenvalue weighted by Gasteiger charge is -2.16. The number of aromatic nitrogens is 4. The number of halogens is 3. The topological polar surface area (TPSA) is 122 Å². The number of carbonyl (C=O) groups excluding carboxylic acids is 1. The van der Waals surface area contributed by atoms with E-state index in [0.717, 1.165) is 0 Å². The second kappa shape index (κ2) is 10.4. The summed E-state index contributed by atoms with van der Waals surface area (Å²) in [5.41, 5.74) is 1.79. The molecule has 3 rings (SSSR count). The lowest BCUT2D eigenvalue weighted by Crippen LogP contribution is -2.37. The highest BCUT2D eigenvalue weighted by Crippen LogP contribution is 2.21. The highest BCUT2D eigenvalue weighted by molar-refractivity contribution is 6.04. The van der Waals surface area contributed by atoms with Crippen molar-refractivity contribution in [1.29, 1.82) is 0 Å². The molecule has 0 spiro atoms. The van der Waals surface area contributed by atoms with Gasteiger partial charge < -0.3 is 20.1 Å². The zero-order valence-corrected chi connectivity index (χ0v) is 18.5. The van der Waals surface area contributed by atoms with Crippen molar-refractivity contribution < 1.29 is 32.6 Å². The average molecular weight is 480 g/mol. The molecule has 0 saturated carbocycles. The minimum Gasteiger partial charge on any atom is -0.468 e. The largest absolute Gasteiger partial charge is 0.468 e. The van der Waals surface area contributed by atoms with Gasteiger partial charge in [-0.15, -0.1) is 0 Å². The molecule has 0 fully saturated rings. The van der Waals surface area contributed by atoms with Crippen LogP contribution >= 0.6 is 0 Å². The van der Waals surface area contributed by atoms with E-state index in [1.807, 2.05) is 0 Å². The summed E-state index contributed by atoms with van der Waals surface area (Å²) < 4.78 is 43.4. The minimum absolute atomic E-state index is 0.0978. The molecule has 13 heteroatoms. The van der Waals surface area contributed by atoms with Crippen LogP contribution in [0.15, 0.2) is 30.7 Å². The van der Waals surface area contributed by atoms with Gasteiger partial charge in [0.25, 0.3) is 5.91 Å². The highest BCUT2D eigenvalue weighted by Gasteiger charge is 2.29. The number of pyridine rings is 2. The fourth-order valence-corrected chi connectivity index (χ4v) is 3.23. The van der Waals surface area contributed by atoms with Crippen LogP contribution in [-0.2, 0) is 6.54 Å². The molecule has 0 aliphatic carbocycles. The third-order valence-corrected chi connectivity index (χ3v) is 4.82. The Morgan fingerprint density at radius 3 is 2.71 bits per heavy atom. The molecule has 34 heavy (non-hydrogen) atoms. The number of amides is 2. The number of fused-ring (bicyclic) bond motifs is 1. The summed E-state index contributed by atoms with van der Waals surface area (Å²) in [5, 5.41) is 16.6. The zero-order chi connectivity index (χ0) is 24.9. The molecule has 3 aromatic heterocycles. The Morgan fingerprint density at radius 2 is 2.06 bits per heavy atom. The molecule has 0 aliphatic heterocycles. The summed E-state index contributed by atoms with van der Waals surface area (Å²) in [6, 6.07) is 3.29. The van der Waals surface area contributed by atoms with Crippen LogP contribution in [0.3, 0.4) is 0 Å². The third kappa shape index (κ3) is 6.33. The van der Waals surface area contributed by atoms with E-state index in [9.17, 15) is 22.8 Å². The maximum Gasteiger partial charge on any atom is 0.422 e. The molecular formula is C21H23F3N6O4. The first kappa shape index (κ1) is 24.7. The lowest BCUT2D eigenvalue weighted by atomic mass is 10.2. The first-order valence-corrected chi connectivity index (χ1v) is 10.3. The van der Waals surface area contributed by atoms with E-state index in [1.165, 1.54) is 17.3 Å². The number of aryl methyl sites for hydroxylation is 1. The van der Waals surface area contributed by atoms with Crippen LogP contribution in [0, 0.1) is 6.92 Å². The van der Waals surface area contributed by atoms with Gasteiger partial charge in [-0.2, -0.15) is 18.3 Å². The van der Waals surface area contributed by atoms with E-state index in [2.05, 4.69) is 20.4 Å². The number of alkyl halides is 3. The van der Waals surface area contributed by atoms with Crippen LogP contribution in [0.4, 0.5) is 18.0 Å². The fraction of sp³-hybridized carbons (Fsp3) is 0.381. The SMILES string of the molecule is CCN(CCNC(=O)c1nccc2nn(Cc3cnc(OCC(F)(F)F)c(C)c3)cc12)C(=O)O.